The summed E-state index contributed by atoms with van der Waals surface area (Å²) < 4.78 is 12.5. The van der Waals surface area contributed by atoms with Gasteiger partial charge in [-0.25, -0.2) is 0 Å². The van der Waals surface area contributed by atoms with Crippen LogP contribution in [0.2, 0.25) is 5.02 Å². The summed E-state index contributed by atoms with van der Waals surface area (Å²) in [6.45, 7) is 3.26. The quantitative estimate of drug-likeness (QED) is 0.287. The van der Waals surface area contributed by atoms with Crippen molar-refractivity contribution in [3.05, 3.63) is 92.4 Å². The van der Waals surface area contributed by atoms with E-state index in [0.717, 1.165) is 21.2 Å². The highest BCUT2D eigenvalue weighted by Gasteiger charge is 2.13. The Morgan fingerprint density at radius 3 is 2.65 bits per heavy atom. The zero-order valence-electron chi connectivity index (χ0n) is 16.9. The van der Waals surface area contributed by atoms with Crippen LogP contribution in [-0.4, -0.2) is 12.8 Å². The van der Waals surface area contributed by atoms with E-state index in [1.807, 2.05) is 61.5 Å². The minimum Gasteiger partial charge on any atom is -0.490 e. The second kappa shape index (κ2) is 11.4. The third-order valence-electron chi connectivity index (χ3n) is 4.34. The van der Waals surface area contributed by atoms with Gasteiger partial charge in [-0.2, -0.15) is 10.4 Å². The lowest BCUT2D eigenvalue weighted by Gasteiger charge is -2.15. The fourth-order valence-corrected chi connectivity index (χ4v) is 3.53. The molecule has 158 valence electrons. The van der Waals surface area contributed by atoms with Gasteiger partial charge in [0.25, 0.3) is 0 Å². The van der Waals surface area contributed by atoms with Gasteiger partial charge >= 0.3 is 0 Å². The molecule has 0 saturated heterocycles. The number of benzene rings is 3. The Hall–Kier alpha value is -3.01. The summed E-state index contributed by atoms with van der Waals surface area (Å²) in [5, 5.41) is 14.3. The summed E-state index contributed by atoms with van der Waals surface area (Å²) in [6, 6.07) is 20.9. The lowest BCUT2D eigenvalue weighted by molar-refractivity contribution is 0.267. The average molecular weight is 499 g/mol. The van der Waals surface area contributed by atoms with Crippen LogP contribution in [0.5, 0.6) is 11.5 Å². The molecule has 0 spiro atoms. The summed E-state index contributed by atoms with van der Waals surface area (Å²) in [5.41, 5.74) is 6.36. The molecule has 0 fully saturated rings. The molecule has 0 aromatic heterocycles. The fourth-order valence-electron chi connectivity index (χ4n) is 2.83. The van der Waals surface area contributed by atoms with Gasteiger partial charge < -0.3 is 14.9 Å². The van der Waals surface area contributed by atoms with E-state index in [1.54, 1.807) is 12.3 Å². The van der Waals surface area contributed by atoms with Crippen molar-refractivity contribution in [1.82, 2.24) is 5.43 Å². The normalized spacial score (nSPS) is 10.6. The maximum atomic E-state index is 9.27. The highest BCUT2D eigenvalue weighted by molar-refractivity contribution is 9.10. The van der Waals surface area contributed by atoms with Crippen molar-refractivity contribution in [2.45, 2.75) is 20.1 Å². The monoisotopic (exact) mass is 497 g/mol. The van der Waals surface area contributed by atoms with Gasteiger partial charge in [-0.15, -0.1) is 0 Å². The molecule has 0 radical (unpaired) electrons. The Morgan fingerprint density at radius 2 is 1.90 bits per heavy atom. The number of rotatable bonds is 9. The number of halogens is 2. The highest BCUT2D eigenvalue weighted by Crippen LogP contribution is 2.37. The molecule has 7 heteroatoms. The van der Waals surface area contributed by atoms with Crippen molar-refractivity contribution in [3.63, 3.8) is 0 Å². The molecule has 0 aliphatic carbocycles. The van der Waals surface area contributed by atoms with E-state index in [0.29, 0.717) is 35.2 Å². The van der Waals surface area contributed by atoms with Crippen LogP contribution in [-0.2, 0) is 13.2 Å². The van der Waals surface area contributed by atoms with E-state index in [1.165, 1.54) is 0 Å². The van der Waals surface area contributed by atoms with Gasteiger partial charge in [-0.05, 0) is 64.3 Å². The number of hydrogen-bond acceptors (Lipinski definition) is 5. The van der Waals surface area contributed by atoms with Crippen molar-refractivity contribution in [3.8, 4) is 17.6 Å². The van der Waals surface area contributed by atoms with Gasteiger partial charge in [0.05, 0.1) is 35.5 Å². The first-order valence-electron chi connectivity index (χ1n) is 9.68. The van der Waals surface area contributed by atoms with Gasteiger partial charge in [0, 0.05) is 10.6 Å². The highest BCUT2D eigenvalue weighted by atomic mass is 79.9. The molecule has 0 saturated carbocycles. The van der Waals surface area contributed by atoms with E-state index in [-0.39, 0.29) is 6.61 Å². The number of ether oxygens (including phenoxy) is 2. The zero-order valence-corrected chi connectivity index (χ0v) is 19.3. The molecular formula is C24H21BrClN3O2. The number of hydrazone groups is 1. The van der Waals surface area contributed by atoms with Crippen LogP contribution in [0.25, 0.3) is 0 Å². The summed E-state index contributed by atoms with van der Waals surface area (Å²) in [7, 11) is 0. The van der Waals surface area contributed by atoms with Gasteiger partial charge in [-0.1, -0.05) is 41.9 Å². The molecule has 0 heterocycles. The van der Waals surface area contributed by atoms with Crippen molar-refractivity contribution >= 4 is 33.7 Å². The standard InChI is InChI=1S/C24H21BrClN3O2/c1-2-30-23-12-18(15-29-28-14-17-7-9-21(26)10-8-17)11-22(25)24(23)31-16-20-6-4-3-5-19(20)13-27/h3-12,15,28H,2,14,16H2,1H3/b29-15-. The minimum absolute atomic E-state index is 0.262. The lowest BCUT2D eigenvalue weighted by atomic mass is 10.1. The van der Waals surface area contributed by atoms with Crippen molar-refractivity contribution in [2.24, 2.45) is 5.10 Å². The smallest absolute Gasteiger partial charge is 0.175 e. The van der Waals surface area contributed by atoms with Gasteiger partial charge in [0.15, 0.2) is 11.5 Å². The molecular weight excluding hydrogens is 478 g/mol. The molecule has 0 aliphatic heterocycles. The van der Waals surface area contributed by atoms with E-state index >= 15 is 0 Å². The molecule has 3 aromatic rings. The second-order valence-electron chi connectivity index (χ2n) is 6.54. The van der Waals surface area contributed by atoms with E-state index in [9.17, 15) is 5.26 Å². The molecule has 5 nitrogen and oxygen atoms in total. The van der Waals surface area contributed by atoms with Crippen molar-refractivity contribution in [2.75, 3.05) is 6.61 Å². The van der Waals surface area contributed by atoms with Crippen molar-refractivity contribution < 1.29 is 9.47 Å². The molecule has 0 amide bonds. The predicted octanol–water partition coefficient (Wildman–Crippen LogP) is 6.08. The van der Waals surface area contributed by atoms with E-state index < -0.39 is 0 Å². The second-order valence-corrected chi connectivity index (χ2v) is 7.83. The SMILES string of the molecule is CCOc1cc(/C=N\NCc2ccc(Cl)cc2)cc(Br)c1OCc1ccccc1C#N. The Balaban J connectivity index is 1.70. The van der Waals surface area contributed by atoms with Crippen LogP contribution in [0, 0.1) is 11.3 Å². The third kappa shape index (κ3) is 6.48. The molecule has 0 aliphatic rings. The molecule has 1 N–H and O–H groups in total. The summed E-state index contributed by atoms with van der Waals surface area (Å²) in [4.78, 5) is 0. The number of nitrogens with zero attached hydrogens (tertiary/aromatic N) is 2. The number of nitrogens with one attached hydrogen (secondary N) is 1. The fraction of sp³-hybridized carbons (Fsp3) is 0.167. The molecule has 0 unspecified atom stereocenters. The number of hydrogen-bond donors (Lipinski definition) is 1. The molecule has 0 atom stereocenters. The van der Waals surface area contributed by atoms with Gasteiger partial charge in [-0.3, -0.25) is 0 Å². The molecule has 3 rings (SSSR count). The van der Waals surface area contributed by atoms with Crippen LogP contribution in [0.1, 0.15) is 29.2 Å². The largest absolute Gasteiger partial charge is 0.490 e. The molecule has 3 aromatic carbocycles. The summed E-state index contributed by atoms with van der Waals surface area (Å²) in [5.74, 6) is 1.19. The Kier molecular flexibility index (Phi) is 8.34. The molecule has 31 heavy (non-hydrogen) atoms. The predicted molar refractivity (Wildman–Crippen MR) is 127 cm³/mol. The van der Waals surface area contributed by atoms with Gasteiger partial charge in [0.1, 0.15) is 6.61 Å². The summed E-state index contributed by atoms with van der Waals surface area (Å²) in [6.07, 6.45) is 1.72. The Bertz CT molecular complexity index is 1090. The summed E-state index contributed by atoms with van der Waals surface area (Å²) >= 11 is 9.47. The first-order chi connectivity index (χ1) is 15.1. The van der Waals surface area contributed by atoms with Crippen LogP contribution in [0.3, 0.4) is 0 Å². The van der Waals surface area contributed by atoms with Crippen LogP contribution < -0.4 is 14.9 Å². The number of nitriles is 1. The topological polar surface area (TPSA) is 66.6 Å². The Morgan fingerprint density at radius 1 is 1.13 bits per heavy atom. The maximum absolute atomic E-state index is 9.27. The van der Waals surface area contributed by atoms with Crippen molar-refractivity contribution in [1.29, 1.82) is 5.26 Å². The lowest BCUT2D eigenvalue weighted by Crippen LogP contribution is -2.06. The van der Waals surface area contributed by atoms with E-state index in [4.69, 9.17) is 21.1 Å². The maximum Gasteiger partial charge on any atom is 0.175 e. The van der Waals surface area contributed by atoms with Gasteiger partial charge in [0.2, 0.25) is 0 Å². The minimum atomic E-state index is 0.262. The van der Waals surface area contributed by atoms with Crippen LogP contribution >= 0.6 is 27.5 Å². The first-order valence-corrected chi connectivity index (χ1v) is 10.8. The zero-order chi connectivity index (χ0) is 22.1. The molecule has 0 bridgehead atoms. The average Bonchev–Trinajstić information content (AvgIpc) is 2.78. The first kappa shape index (κ1) is 22.7. The van der Waals surface area contributed by atoms with Crippen LogP contribution in [0.4, 0.5) is 0 Å². The Labute approximate surface area is 195 Å². The van der Waals surface area contributed by atoms with Crippen LogP contribution in [0.15, 0.2) is 70.2 Å². The third-order valence-corrected chi connectivity index (χ3v) is 5.18. The van der Waals surface area contributed by atoms with E-state index in [2.05, 4.69) is 32.5 Å².